The van der Waals surface area contributed by atoms with E-state index >= 15 is 0 Å². The molecule has 464 valence electrons. The molecular weight excluding hydrogens is 1230 g/mol. The Morgan fingerprint density at radius 3 is 0.851 bits per heavy atom. The second kappa shape index (κ2) is 28.2. The highest BCUT2D eigenvalue weighted by molar-refractivity contribution is 7.36. The van der Waals surface area contributed by atoms with E-state index in [2.05, 4.69) is 306 Å². The van der Waals surface area contributed by atoms with Gasteiger partial charge < -0.3 is 28.6 Å². The normalized spacial score (nSPS) is 11.2. The van der Waals surface area contributed by atoms with Gasteiger partial charge in [-0.2, -0.15) is 0 Å². The standard InChI is InChI=1S/2C41H36BNO2S2/c2*1-27-24-28(2)39(29(3)25-27)42(45-5)37-26-36-41(47-37)38(30-18-22-35(44-4)23-19-30)40(46-36)31-16-20-34(21-17-31)43(32-12-8-6-9-13-32)33-14-10-7-11-15-33/h2*6-26H,1-5H3. The molecule has 0 amide bonds. The third-order valence-corrected chi connectivity index (χ3v) is 22.4. The summed E-state index contributed by atoms with van der Waals surface area (Å²) in [5.41, 5.74) is 24.1. The van der Waals surface area contributed by atoms with Gasteiger partial charge in [-0.15, -0.1) is 45.3 Å². The number of hydrogen-bond donors (Lipinski definition) is 0. The Morgan fingerprint density at radius 1 is 0.298 bits per heavy atom. The third kappa shape index (κ3) is 12.9. The van der Waals surface area contributed by atoms with Crippen molar-refractivity contribution in [1.29, 1.82) is 0 Å². The summed E-state index contributed by atoms with van der Waals surface area (Å²) < 4.78 is 31.0. The van der Waals surface area contributed by atoms with Crippen molar-refractivity contribution < 1.29 is 18.8 Å². The molecule has 14 aromatic rings. The fourth-order valence-electron chi connectivity index (χ4n) is 13.2. The van der Waals surface area contributed by atoms with Gasteiger partial charge >= 0.3 is 13.8 Å². The molecule has 0 bridgehead atoms. The topological polar surface area (TPSA) is 43.4 Å². The number of methoxy groups -OCH3 is 2. The summed E-state index contributed by atoms with van der Waals surface area (Å²) in [6, 6.07) is 90.7. The fraction of sp³-hybridized carbons (Fsp3) is 0.122. The van der Waals surface area contributed by atoms with Crippen molar-refractivity contribution in [1.82, 2.24) is 0 Å². The van der Waals surface area contributed by atoms with Gasteiger partial charge in [-0.1, -0.05) is 179 Å². The van der Waals surface area contributed by atoms with E-state index in [-0.39, 0.29) is 13.8 Å². The lowest BCUT2D eigenvalue weighted by atomic mass is 9.57. The molecule has 6 nitrogen and oxygen atoms in total. The number of rotatable bonds is 18. The summed E-state index contributed by atoms with van der Waals surface area (Å²) in [5, 5.41) is 0. The van der Waals surface area contributed by atoms with Gasteiger partial charge in [-0.3, -0.25) is 0 Å². The second-order valence-electron chi connectivity index (χ2n) is 23.7. The van der Waals surface area contributed by atoms with Crippen LogP contribution < -0.4 is 39.8 Å². The number of ether oxygens (including phenoxy) is 2. The highest BCUT2D eigenvalue weighted by Gasteiger charge is 2.31. The van der Waals surface area contributed by atoms with Gasteiger partial charge in [0.1, 0.15) is 11.5 Å². The summed E-state index contributed by atoms with van der Waals surface area (Å²) in [6.07, 6.45) is 0. The molecule has 0 N–H and O–H groups in total. The minimum atomic E-state index is -0.117. The molecule has 0 unspecified atom stereocenters. The number of nitrogens with zero attached hydrogens (tertiary/aromatic N) is 2. The summed E-state index contributed by atoms with van der Waals surface area (Å²) in [5.74, 6) is 1.70. The maximum Gasteiger partial charge on any atom is 0.372 e. The van der Waals surface area contributed by atoms with Crippen LogP contribution in [0.2, 0.25) is 0 Å². The number of benzene rings is 10. The Kier molecular flexibility index (Phi) is 19.0. The van der Waals surface area contributed by atoms with Crippen LogP contribution in [-0.2, 0) is 9.31 Å². The molecule has 0 aliphatic heterocycles. The highest BCUT2D eigenvalue weighted by atomic mass is 32.1. The lowest BCUT2D eigenvalue weighted by Crippen LogP contribution is -2.45. The maximum absolute atomic E-state index is 6.22. The lowest BCUT2D eigenvalue weighted by molar-refractivity contribution is 0.415. The molecule has 14 rings (SSSR count). The van der Waals surface area contributed by atoms with Gasteiger partial charge in [0.15, 0.2) is 0 Å². The number of fused-ring (bicyclic) bond motifs is 2. The van der Waals surface area contributed by atoms with Crippen LogP contribution in [0.5, 0.6) is 11.5 Å². The predicted octanol–water partition coefficient (Wildman–Crippen LogP) is 20.9. The first kappa shape index (κ1) is 63.5. The summed E-state index contributed by atoms with van der Waals surface area (Å²) in [4.78, 5) is 7.12. The van der Waals surface area contributed by atoms with Crippen LogP contribution in [0.3, 0.4) is 0 Å². The maximum atomic E-state index is 6.22. The molecule has 0 spiro atoms. The summed E-state index contributed by atoms with van der Waals surface area (Å²) >= 11 is 7.39. The largest absolute Gasteiger partial charge is 0.497 e. The van der Waals surface area contributed by atoms with Gasteiger partial charge in [-0.25, -0.2) is 0 Å². The van der Waals surface area contributed by atoms with Gasteiger partial charge in [0.25, 0.3) is 0 Å². The molecule has 10 aromatic carbocycles. The van der Waals surface area contributed by atoms with Crippen LogP contribution >= 0.6 is 45.3 Å². The molecule has 0 fully saturated rings. The van der Waals surface area contributed by atoms with Crippen LogP contribution in [0.4, 0.5) is 34.1 Å². The number of aryl methyl sites for hydroxylation is 6. The monoisotopic (exact) mass is 1300 g/mol. The molecule has 0 saturated carbocycles. The van der Waals surface area contributed by atoms with Crippen LogP contribution in [-0.4, -0.2) is 42.3 Å². The number of thiophene rings is 4. The van der Waals surface area contributed by atoms with Crippen LogP contribution in [0, 0.1) is 41.5 Å². The van der Waals surface area contributed by atoms with Crippen molar-refractivity contribution in [3.05, 3.63) is 288 Å². The van der Waals surface area contributed by atoms with E-state index in [9.17, 15) is 0 Å². The SMILES string of the molecule is COB(c1cc2sc(-c3ccc(N(c4ccccc4)c4ccccc4)cc3)c(-c3ccc(OC)cc3)c2s1)c1c(C)cc(C)cc1C.COB(c1cc2sc(-c3ccc(N(c4ccccc4)c4ccccc4)cc3)c(-c3ccc(OC)cc3)c2s1)c1c(C)cc(C)cc1C. The molecule has 12 heteroatoms. The zero-order valence-electron chi connectivity index (χ0n) is 54.6. The zero-order valence-corrected chi connectivity index (χ0v) is 57.8. The minimum absolute atomic E-state index is 0.117. The molecule has 0 atom stereocenters. The smallest absolute Gasteiger partial charge is 0.372 e. The molecule has 0 radical (unpaired) electrons. The highest BCUT2D eigenvalue weighted by Crippen LogP contribution is 2.50. The first-order valence-electron chi connectivity index (χ1n) is 31.5. The third-order valence-electron chi connectivity index (χ3n) is 17.3. The van der Waals surface area contributed by atoms with Crippen molar-refractivity contribution >= 4 is 133 Å². The Labute approximate surface area is 569 Å². The summed E-state index contributed by atoms with van der Waals surface area (Å²) in [6.45, 7) is 12.8. The second-order valence-corrected chi connectivity index (χ2v) is 28.0. The number of hydrogen-bond acceptors (Lipinski definition) is 10. The lowest BCUT2D eigenvalue weighted by Gasteiger charge is -2.25. The molecule has 0 aliphatic carbocycles. The zero-order chi connectivity index (χ0) is 65.0. The van der Waals surface area contributed by atoms with Crippen molar-refractivity contribution in [3.63, 3.8) is 0 Å². The number of para-hydroxylation sites is 4. The van der Waals surface area contributed by atoms with Crippen LogP contribution in [0.1, 0.15) is 33.4 Å². The Balaban J connectivity index is 0.000000171. The molecule has 4 heterocycles. The predicted molar refractivity (Wildman–Crippen MR) is 409 cm³/mol. The van der Waals surface area contributed by atoms with Crippen LogP contribution in [0.15, 0.2) is 255 Å². The van der Waals surface area contributed by atoms with Gasteiger partial charge in [0, 0.05) is 88.2 Å². The van der Waals surface area contributed by atoms with E-state index in [1.54, 1.807) is 14.2 Å². The summed E-state index contributed by atoms with van der Waals surface area (Å²) in [7, 11) is 7.07. The van der Waals surface area contributed by atoms with E-state index in [1.165, 1.54) is 116 Å². The Bertz CT molecular complexity index is 4460. The van der Waals surface area contributed by atoms with E-state index in [0.717, 1.165) is 45.6 Å². The Hall–Kier alpha value is -9.23. The van der Waals surface area contributed by atoms with Crippen LogP contribution in [0.25, 0.3) is 61.9 Å². The van der Waals surface area contributed by atoms with E-state index < -0.39 is 0 Å². The Morgan fingerprint density at radius 2 is 0.574 bits per heavy atom. The van der Waals surface area contributed by atoms with Crippen molar-refractivity contribution in [2.75, 3.05) is 38.2 Å². The van der Waals surface area contributed by atoms with Gasteiger partial charge in [-0.05, 0) is 184 Å². The molecular formula is C82H72B2N2O4S4. The number of anilines is 6. The van der Waals surface area contributed by atoms with Gasteiger partial charge in [0.05, 0.1) is 23.6 Å². The fourth-order valence-corrected chi connectivity index (χ4v) is 18.8. The molecule has 0 aliphatic rings. The van der Waals surface area contributed by atoms with E-state index in [4.69, 9.17) is 18.8 Å². The molecule has 94 heavy (non-hydrogen) atoms. The first-order chi connectivity index (χ1) is 45.9. The van der Waals surface area contributed by atoms with Crippen molar-refractivity contribution in [2.24, 2.45) is 0 Å². The quantitative estimate of drug-likeness (QED) is 0.0798. The first-order valence-corrected chi connectivity index (χ1v) is 34.8. The average Bonchev–Trinajstić information content (AvgIpc) is 1.60. The minimum Gasteiger partial charge on any atom is -0.497 e. The van der Waals surface area contributed by atoms with Crippen molar-refractivity contribution in [2.45, 2.75) is 41.5 Å². The van der Waals surface area contributed by atoms with E-state index in [0.29, 0.717) is 0 Å². The van der Waals surface area contributed by atoms with Gasteiger partial charge in [0.2, 0.25) is 0 Å². The van der Waals surface area contributed by atoms with Crippen molar-refractivity contribution in [3.8, 4) is 54.6 Å². The molecule has 0 saturated heterocycles. The van der Waals surface area contributed by atoms with E-state index in [1.807, 2.05) is 59.6 Å². The molecule has 4 aromatic heterocycles. The average molecular weight is 1300 g/mol.